The number of nitrogens with zero attached hydrogens (tertiary/aromatic N) is 1. The second-order valence-electron chi connectivity index (χ2n) is 4.91. The minimum absolute atomic E-state index is 0.213. The summed E-state index contributed by atoms with van der Waals surface area (Å²) in [4.78, 5) is 13.5. The Balaban J connectivity index is 2.64. The van der Waals surface area contributed by atoms with E-state index in [4.69, 9.17) is 0 Å². The quantitative estimate of drug-likeness (QED) is 0.595. The number of carbonyl (C=O) groups is 1. The van der Waals surface area contributed by atoms with Crippen molar-refractivity contribution in [1.82, 2.24) is 4.90 Å². The largest absolute Gasteiger partial charge is 0.306 e. The summed E-state index contributed by atoms with van der Waals surface area (Å²) in [6, 6.07) is 0.459. The molecule has 0 saturated heterocycles. The van der Waals surface area contributed by atoms with Gasteiger partial charge in [0.25, 0.3) is 0 Å². The fourth-order valence-corrected chi connectivity index (χ4v) is 2.02. The fraction of sp³-hybridized carbons (Fsp3) is 0.900. The normalized spacial score (nSPS) is 29.4. The van der Waals surface area contributed by atoms with Crippen LogP contribution in [-0.2, 0) is 4.79 Å². The lowest BCUT2D eigenvalue weighted by Crippen LogP contribution is -2.40. The first-order valence-electron chi connectivity index (χ1n) is 4.59. The third-order valence-corrected chi connectivity index (χ3v) is 2.66. The van der Waals surface area contributed by atoms with E-state index in [0.29, 0.717) is 11.8 Å². The van der Waals surface area contributed by atoms with Crippen molar-refractivity contribution in [3.63, 3.8) is 0 Å². The summed E-state index contributed by atoms with van der Waals surface area (Å²) in [6.45, 7) is 4.36. The Morgan fingerprint density at radius 3 is 2.42 bits per heavy atom. The summed E-state index contributed by atoms with van der Waals surface area (Å²) in [6.07, 6.45) is 2.65. The molecule has 0 aromatic heterocycles. The highest BCUT2D eigenvalue weighted by molar-refractivity contribution is 5.80. The van der Waals surface area contributed by atoms with Gasteiger partial charge in [-0.3, -0.25) is 4.79 Å². The Bertz CT molecular complexity index is 184. The molecule has 12 heavy (non-hydrogen) atoms. The molecule has 0 spiro atoms. The number of carbonyl (C=O) groups excluding carboxylic acids is 1. The lowest BCUT2D eigenvalue weighted by molar-refractivity contribution is -0.125. The van der Waals surface area contributed by atoms with Gasteiger partial charge in [-0.25, -0.2) is 0 Å². The van der Waals surface area contributed by atoms with E-state index in [0.717, 1.165) is 19.3 Å². The first-order chi connectivity index (χ1) is 5.41. The topological polar surface area (TPSA) is 20.3 Å². The number of hydrogen-bond acceptors (Lipinski definition) is 2. The lowest BCUT2D eigenvalue weighted by Gasteiger charge is -2.37. The van der Waals surface area contributed by atoms with E-state index >= 15 is 0 Å². The van der Waals surface area contributed by atoms with Crippen LogP contribution in [-0.4, -0.2) is 30.8 Å². The fourth-order valence-electron chi connectivity index (χ4n) is 2.02. The Morgan fingerprint density at radius 1 is 1.42 bits per heavy atom. The predicted octanol–water partition coefficient (Wildman–Crippen LogP) is 1.70. The van der Waals surface area contributed by atoms with Crippen molar-refractivity contribution in [1.29, 1.82) is 0 Å². The Hall–Kier alpha value is -0.370. The third-order valence-electron chi connectivity index (χ3n) is 2.66. The van der Waals surface area contributed by atoms with Crippen LogP contribution < -0.4 is 0 Å². The molecule has 0 aliphatic heterocycles. The highest BCUT2D eigenvalue weighted by atomic mass is 16.1. The maximum absolute atomic E-state index is 11.4. The molecule has 1 unspecified atom stereocenters. The SMILES string of the molecule is CN(C)C1CC(=O)CC(C)(C)C1. The van der Waals surface area contributed by atoms with Gasteiger partial charge < -0.3 is 4.90 Å². The Labute approximate surface area is 74.9 Å². The van der Waals surface area contributed by atoms with E-state index in [-0.39, 0.29) is 5.41 Å². The van der Waals surface area contributed by atoms with Crippen molar-refractivity contribution in [3.05, 3.63) is 0 Å². The molecule has 1 atom stereocenters. The highest BCUT2D eigenvalue weighted by Crippen LogP contribution is 2.34. The van der Waals surface area contributed by atoms with E-state index in [1.807, 2.05) is 0 Å². The molecule has 1 rings (SSSR count). The van der Waals surface area contributed by atoms with Crippen LogP contribution in [0.25, 0.3) is 0 Å². The monoisotopic (exact) mass is 169 g/mol. The summed E-state index contributed by atoms with van der Waals surface area (Å²) in [5.74, 6) is 0.421. The summed E-state index contributed by atoms with van der Waals surface area (Å²) in [7, 11) is 4.11. The summed E-state index contributed by atoms with van der Waals surface area (Å²) < 4.78 is 0. The zero-order valence-corrected chi connectivity index (χ0v) is 8.55. The second-order valence-corrected chi connectivity index (χ2v) is 4.91. The van der Waals surface area contributed by atoms with Gasteiger partial charge in [0.2, 0.25) is 0 Å². The van der Waals surface area contributed by atoms with Crippen molar-refractivity contribution >= 4 is 5.78 Å². The molecule has 1 saturated carbocycles. The molecule has 1 aliphatic carbocycles. The molecule has 0 N–H and O–H groups in total. The van der Waals surface area contributed by atoms with Gasteiger partial charge in [-0.2, -0.15) is 0 Å². The molecule has 0 amide bonds. The van der Waals surface area contributed by atoms with Gasteiger partial charge in [0, 0.05) is 18.9 Å². The molecule has 70 valence electrons. The molecule has 0 radical (unpaired) electrons. The highest BCUT2D eigenvalue weighted by Gasteiger charge is 2.33. The van der Waals surface area contributed by atoms with Crippen LogP contribution in [0.5, 0.6) is 0 Å². The van der Waals surface area contributed by atoms with Crippen LogP contribution in [0.2, 0.25) is 0 Å². The maximum Gasteiger partial charge on any atom is 0.135 e. The second kappa shape index (κ2) is 3.17. The zero-order chi connectivity index (χ0) is 9.35. The summed E-state index contributed by atoms with van der Waals surface area (Å²) >= 11 is 0. The predicted molar refractivity (Wildman–Crippen MR) is 50.1 cm³/mol. The summed E-state index contributed by atoms with van der Waals surface area (Å²) in [5.41, 5.74) is 0.213. The maximum atomic E-state index is 11.4. The minimum Gasteiger partial charge on any atom is -0.306 e. The van der Waals surface area contributed by atoms with Gasteiger partial charge in [-0.15, -0.1) is 0 Å². The van der Waals surface area contributed by atoms with Gasteiger partial charge in [-0.1, -0.05) is 13.8 Å². The van der Waals surface area contributed by atoms with Crippen molar-refractivity contribution in [2.75, 3.05) is 14.1 Å². The molecule has 1 aliphatic rings. The van der Waals surface area contributed by atoms with Crippen molar-refractivity contribution < 1.29 is 4.79 Å². The number of ketones is 1. The van der Waals surface area contributed by atoms with Gasteiger partial charge in [0.15, 0.2) is 0 Å². The standard InChI is InChI=1S/C10H19NO/c1-10(2)6-8(11(3)4)5-9(12)7-10/h8H,5-7H2,1-4H3. The molecular weight excluding hydrogens is 150 g/mol. The van der Waals surface area contributed by atoms with Crippen LogP contribution in [0, 0.1) is 5.41 Å². The van der Waals surface area contributed by atoms with Crippen LogP contribution in [0.4, 0.5) is 0 Å². The van der Waals surface area contributed by atoms with Crippen LogP contribution in [0.15, 0.2) is 0 Å². The molecule has 0 bridgehead atoms. The molecule has 0 aromatic carbocycles. The van der Waals surface area contributed by atoms with Crippen LogP contribution >= 0.6 is 0 Å². The average Bonchev–Trinajstić information content (AvgIpc) is 1.82. The molecule has 1 fully saturated rings. The van der Waals surface area contributed by atoms with E-state index in [1.165, 1.54) is 0 Å². The van der Waals surface area contributed by atoms with Gasteiger partial charge in [-0.05, 0) is 25.9 Å². The number of Topliss-reactive ketones (excluding diaryl/α,β-unsaturated/α-hetero) is 1. The van der Waals surface area contributed by atoms with Crippen LogP contribution in [0.3, 0.4) is 0 Å². The van der Waals surface area contributed by atoms with Crippen LogP contribution in [0.1, 0.15) is 33.1 Å². The van der Waals surface area contributed by atoms with Gasteiger partial charge in [0.05, 0.1) is 0 Å². The third kappa shape index (κ3) is 2.31. The molecule has 0 aromatic rings. The minimum atomic E-state index is 0.213. The molecule has 2 nitrogen and oxygen atoms in total. The Kier molecular flexibility index (Phi) is 2.57. The Morgan fingerprint density at radius 2 is 2.00 bits per heavy atom. The van der Waals surface area contributed by atoms with E-state index in [2.05, 4.69) is 32.8 Å². The first-order valence-corrected chi connectivity index (χ1v) is 4.59. The molecule has 2 heteroatoms. The van der Waals surface area contributed by atoms with Crippen molar-refractivity contribution in [3.8, 4) is 0 Å². The van der Waals surface area contributed by atoms with Crippen molar-refractivity contribution in [2.45, 2.75) is 39.2 Å². The number of rotatable bonds is 1. The van der Waals surface area contributed by atoms with E-state index in [1.54, 1.807) is 0 Å². The first kappa shape index (κ1) is 9.72. The number of hydrogen-bond donors (Lipinski definition) is 0. The van der Waals surface area contributed by atoms with Gasteiger partial charge >= 0.3 is 0 Å². The average molecular weight is 169 g/mol. The summed E-state index contributed by atoms with van der Waals surface area (Å²) in [5, 5.41) is 0. The zero-order valence-electron chi connectivity index (χ0n) is 8.55. The van der Waals surface area contributed by atoms with E-state index in [9.17, 15) is 4.79 Å². The molecule has 0 heterocycles. The molecular formula is C10H19NO. The van der Waals surface area contributed by atoms with Gasteiger partial charge in [0.1, 0.15) is 5.78 Å². The van der Waals surface area contributed by atoms with Crippen molar-refractivity contribution in [2.24, 2.45) is 5.41 Å². The lowest BCUT2D eigenvalue weighted by atomic mass is 9.74. The van der Waals surface area contributed by atoms with E-state index < -0.39 is 0 Å². The smallest absolute Gasteiger partial charge is 0.135 e.